The van der Waals surface area contributed by atoms with Gasteiger partial charge in [-0.3, -0.25) is 9.59 Å². The van der Waals surface area contributed by atoms with Gasteiger partial charge in [-0.1, -0.05) is 115 Å². The number of carbonyl (C=O) groups is 3. The standard InChI is InChI=1S/C38H69NO7/c1-6-8-10-12-14-16-17-18-19-20-21-23-25-27-29-37(41)46-34(32-44-31-30-35(38(42)43)39(3,4)5)33-45-36(40)28-26-24-22-15-13-11-9-7-2/h8,10,14,16,34-35H,6-7,9,11-13,15,17-33H2,1-5H3/p+1/b10-8+,16-14+. The van der Waals surface area contributed by atoms with Crippen molar-refractivity contribution in [1.82, 2.24) is 0 Å². The van der Waals surface area contributed by atoms with Crippen molar-refractivity contribution in [2.45, 2.75) is 161 Å². The number of nitrogens with zero attached hydrogens (tertiary/aromatic N) is 1. The number of carboxylic acids is 1. The van der Waals surface area contributed by atoms with Crippen LogP contribution in [-0.4, -0.2) is 80.6 Å². The molecular weight excluding hydrogens is 582 g/mol. The van der Waals surface area contributed by atoms with Crippen molar-refractivity contribution >= 4 is 17.9 Å². The van der Waals surface area contributed by atoms with Crippen molar-refractivity contribution < 1.29 is 38.2 Å². The first kappa shape index (κ1) is 43.8. The van der Waals surface area contributed by atoms with Crippen molar-refractivity contribution in [2.75, 3.05) is 41.0 Å². The topological polar surface area (TPSA) is 99.1 Å². The van der Waals surface area contributed by atoms with Crippen molar-refractivity contribution in [3.8, 4) is 0 Å². The second-order valence-electron chi connectivity index (χ2n) is 13.5. The average molecular weight is 653 g/mol. The molecule has 0 spiro atoms. The summed E-state index contributed by atoms with van der Waals surface area (Å²) >= 11 is 0. The third-order valence-corrected chi connectivity index (χ3v) is 8.12. The summed E-state index contributed by atoms with van der Waals surface area (Å²) in [4.78, 5) is 36.6. The maximum Gasteiger partial charge on any atom is 0.362 e. The Kier molecular flexibility index (Phi) is 28.7. The van der Waals surface area contributed by atoms with Crippen LogP contribution in [0.15, 0.2) is 24.3 Å². The normalized spacial score (nSPS) is 13.3. The highest BCUT2D eigenvalue weighted by atomic mass is 16.6. The number of carboxylic acid groups (broad SMARTS) is 1. The number of hydrogen-bond donors (Lipinski definition) is 1. The Morgan fingerprint density at radius 3 is 1.78 bits per heavy atom. The molecule has 0 aliphatic rings. The van der Waals surface area contributed by atoms with Gasteiger partial charge in [-0.05, 0) is 38.5 Å². The first-order valence-electron chi connectivity index (χ1n) is 18.4. The molecule has 0 radical (unpaired) electrons. The van der Waals surface area contributed by atoms with Crippen LogP contribution < -0.4 is 0 Å². The van der Waals surface area contributed by atoms with E-state index in [1.807, 2.05) is 21.1 Å². The number of carbonyl (C=O) groups excluding carboxylic acids is 2. The summed E-state index contributed by atoms with van der Waals surface area (Å²) in [5.41, 5.74) is 0. The third kappa shape index (κ3) is 28.1. The number of rotatable bonds is 32. The molecule has 0 aliphatic heterocycles. The summed E-state index contributed by atoms with van der Waals surface area (Å²) in [6, 6.07) is -0.611. The van der Waals surface area contributed by atoms with Gasteiger partial charge >= 0.3 is 17.9 Å². The SMILES string of the molecule is CC/C=C/C/C=C/CCCCCCCCCC(=O)OC(COCCC(C(=O)O)[N+](C)(C)C)COC(=O)CCCCCCCCCC. The summed E-state index contributed by atoms with van der Waals surface area (Å²) in [5, 5.41) is 9.56. The molecule has 0 bridgehead atoms. The lowest BCUT2D eigenvalue weighted by atomic mass is 10.1. The molecule has 2 atom stereocenters. The highest BCUT2D eigenvalue weighted by molar-refractivity contribution is 5.72. The van der Waals surface area contributed by atoms with Gasteiger partial charge in [0.1, 0.15) is 6.61 Å². The lowest BCUT2D eigenvalue weighted by Gasteiger charge is -2.31. The molecule has 8 heteroatoms. The van der Waals surface area contributed by atoms with Crippen molar-refractivity contribution in [2.24, 2.45) is 0 Å². The monoisotopic (exact) mass is 653 g/mol. The van der Waals surface area contributed by atoms with E-state index >= 15 is 0 Å². The first-order chi connectivity index (χ1) is 22.1. The number of hydrogen-bond acceptors (Lipinski definition) is 6. The number of unbranched alkanes of at least 4 members (excludes halogenated alkanes) is 14. The van der Waals surface area contributed by atoms with E-state index in [-0.39, 0.29) is 36.2 Å². The van der Waals surface area contributed by atoms with Gasteiger partial charge in [0.05, 0.1) is 34.4 Å². The van der Waals surface area contributed by atoms with Gasteiger partial charge in [-0.2, -0.15) is 0 Å². The lowest BCUT2D eigenvalue weighted by molar-refractivity contribution is -0.887. The van der Waals surface area contributed by atoms with E-state index in [2.05, 4.69) is 38.2 Å². The summed E-state index contributed by atoms with van der Waals surface area (Å²) in [7, 11) is 5.51. The van der Waals surface area contributed by atoms with E-state index in [0.29, 0.717) is 19.3 Å². The zero-order valence-electron chi connectivity index (χ0n) is 30.3. The molecule has 0 aliphatic carbocycles. The second-order valence-corrected chi connectivity index (χ2v) is 13.5. The fourth-order valence-corrected chi connectivity index (χ4v) is 5.25. The molecule has 0 aromatic rings. The van der Waals surface area contributed by atoms with Crippen molar-refractivity contribution in [3.05, 3.63) is 24.3 Å². The molecule has 46 heavy (non-hydrogen) atoms. The lowest BCUT2D eigenvalue weighted by Crippen LogP contribution is -2.50. The summed E-state index contributed by atoms with van der Waals surface area (Å²) in [6.45, 7) is 4.58. The van der Waals surface area contributed by atoms with Gasteiger partial charge in [-0.15, -0.1) is 0 Å². The third-order valence-electron chi connectivity index (χ3n) is 8.12. The van der Waals surface area contributed by atoms with E-state index < -0.39 is 18.1 Å². The number of esters is 2. The molecule has 0 heterocycles. The number of ether oxygens (including phenoxy) is 3. The fourth-order valence-electron chi connectivity index (χ4n) is 5.25. The highest BCUT2D eigenvalue weighted by Gasteiger charge is 2.31. The fraction of sp³-hybridized carbons (Fsp3) is 0.816. The van der Waals surface area contributed by atoms with E-state index in [1.54, 1.807) is 0 Å². The minimum atomic E-state index is -0.878. The average Bonchev–Trinajstić information content (AvgIpc) is 3.00. The van der Waals surface area contributed by atoms with Gasteiger partial charge < -0.3 is 23.8 Å². The van der Waals surface area contributed by atoms with Crippen LogP contribution in [0.3, 0.4) is 0 Å². The number of quaternary nitrogens is 1. The number of likely N-dealkylation sites (N-methyl/N-ethyl adjacent to an activating group) is 1. The zero-order chi connectivity index (χ0) is 34.3. The minimum Gasteiger partial charge on any atom is -0.477 e. The molecule has 0 fully saturated rings. The van der Waals surface area contributed by atoms with E-state index in [4.69, 9.17) is 14.2 Å². The molecule has 0 rings (SSSR count). The molecular formula is C38H70NO7+. The molecule has 1 N–H and O–H groups in total. The Morgan fingerprint density at radius 1 is 0.674 bits per heavy atom. The predicted octanol–water partition coefficient (Wildman–Crippen LogP) is 8.96. The second kappa shape index (κ2) is 30.2. The van der Waals surface area contributed by atoms with Crippen LogP contribution in [0.25, 0.3) is 0 Å². The molecule has 0 saturated carbocycles. The Labute approximate surface area is 281 Å². The van der Waals surface area contributed by atoms with Crippen LogP contribution in [0.4, 0.5) is 0 Å². The molecule has 0 aromatic carbocycles. The minimum absolute atomic E-state index is 0.0517. The maximum absolute atomic E-state index is 12.6. The Bertz CT molecular complexity index is 818. The number of allylic oxidation sites excluding steroid dienone is 4. The quantitative estimate of drug-likeness (QED) is 0.0335. The molecule has 0 aromatic heterocycles. The maximum atomic E-state index is 12.6. The molecule has 8 nitrogen and oxygen atoms in total. The largest absolute Gasteiger partial charge is 0.477 e. The van der Waals surface area contributed by atoms with Crippen molar-refractivity contribution in [1.29, 1.82) is 0 Å². The van der Waals surface area contributed by atoms with Crippen LogP contribution in [0.1, 0.15) is 149 Å². The van der Waals surface area contributed by atoms with Crippen molar-refractivity contribution in [3.63, 3.8) is 0 Å². The zero-order valence-corrected chi connectivity index (χ0v) is 30.3. The predicted molar refractivity (Wildman–Crippen MR) is 188 cm³/mol. The summed E-state index contributed by atoms with van der Waals surface area (Å²) in [6.07, 6.45) is 29.4. The molecule has 268 valence electrons. The van der Waals surface area contributed by atoms with Gasteiger partial charge in [0.2, 0.25) is 0 Å². The van der Waals surface area contributed by atoms with Gasteiger partial charge in [0, 0.05) is 19.3 Å². The molecule has 0 saturated heterocycles. The van der Waals surface area contributed by atoms with E-state index in [9.17, 15) is 19.5 Å². The van der Waals surface area contributed by atoms with Crippen LogP contribution >= 0.6 is 0 Å². The molecule has 0 amide bonds. The van der Waals surface area contributed by atoms with Crippen LogP contribution in [-0.2, 0) is 28.6 Å². The van der Waals surface area contributed by atoms with Gasteiger partial charge in [0.25, 0.3) is 0 Å². The Morgan fingerprint density at radius 2 is 1.22 bits per heavy atom. The Hall–Kier alpha value is -2.19. The van der Waals surface area contributed by atoms with Crippen LogP contribution in [0.5, 0.6) is 0 Å². The number of aliphatic carboxylic acids is 1. The smallest absolute Gasteiger partial charge is 0.362 e. The van der Waals surface area contributed by atoms with E-state index in [0.717, 1.165) is 57.8 Å². The van der Waals surface area contributed by atoms with Crippen LogP contribution in [0, 0.1) is 0 Å². The van der Waals surface area contributed by atoms with Crippen LogP contribution in [0.2, 0.25) is 0 Å². The highest BCUT2D eigenvalue weighted by Crippen LogP contribution is 2.13. The first-order valence-corrected chi connectivity index (χ1v) is 18.4. The van der Waals surface area contributed by atoms with Gasteiger partial charge in [0.15, 0.2) is 12.1 Å². The van der Waals surface area contributed by atoms with E-state index in [1.165, 1.54) is 57.8 Å². The summed E-state index contributed by atoms with van der Waals surface area (Å²) in [5.74, 6) is -1.48. The summed E-state index contributed by atoms with van der Waals surface area (Å²) < 4.78 is 17.1. The Balaban J connectivity index is 4.42. The van der Waals surface area contributed by atoms with Gasteiger partial charge in [-0.25, -0.2) is 4.79 Å². The molecule has 2 unspecified atom stereocenters.